The lowest BCUT2D eigenvalue weighted by Gasteiger charge is -2.18. The summed E-state index contributed by atoms with van der Waals surface area (Å²) in [7, 11) is 1.61. The van der Waals surface area contributed by atoms with Gasteiger partial charge in [0.2, 0.25) is 5.96 Å². The summed E-state index contributed by atoms with van der Waals surface area (Å²) in [5.41, 5.74) is 3.28. The Morgan fingerprint density at radius 2 is 1.89 bits per heavy atom. The fourth-order valence-corrected chi connectivity index (χ4v) is 1.20. The van der Waals surface area contributed by atoms with Crippen molar-refractivity contribution < 1.29 is 4.74 Å². The normalized spacial score (nSPS) is 10.2. The number of benzene rings is 1. The van der Waals surface area contributed by atoms with Gasteiger partial charge in [-0.05, 0) is 17.7 Å². The third-order valence-corrected chi connectivity index (χ3v) is 2.04. The minimum atomic E-state index is 0.204. The maximum absolute atomic E-state index is 5.69. The van der Waals surface area contributed by atoms with Crippen molar-refractivity contribution in [2.24, 2.45) is 22.6 Å². The SMILES string of the molecule is CC.COc1ccc(CN(N)/C(=N\N)NN)cc1. The van der Waals surface area contributed by atoms with E-state index >= 15 is 0 Å². The van der Waals surface area contributed by atoms with E-state index in [1.54, 1.807) is 7.11 Å². The third kappa shape index (κ3) is 4.89. The summed E-state index contributed by atoms with van der Waals surface area (Å²) in [5.74, 6) is 17.0. The van der Waals surface area contributed by atoms with Gasteiger partial charge in [-0.2, -0.15) is 0 Å². The number of hydrazone groups is 1. The van der Waals surface area contributed by atoms with Gasteiger partial charge in [0.1, 0.15) is 5.75 Å². The minimum absolute atomic E-state index is 0.204. The van der Waals surface area contributed by atoms with Gasteiger partial charge in [-0.15, -0.1) is 5.10 Å². The Morgan fingerprint density at radius 1 is 1.33 bits per heavy atom. The highest BCUT2D eigenvalue weighted by atomic mass is 16.5. The van der Waals surface area contributed by atoms with Gasteiger partial charge in [0, 0.05) is 0 Å². The molecule has 0 bridgehead atoms. The van der Waals surface area contributed by atoms with Crippen LogP contribution in [-0.2, 0) is 6.54 Å². The molecule has 0 unspecified atom stereocenters. The molecule has 102 valence electrons. The van der Waals surface area contributed by atoms with Gasteiger partial charge in [-0.3, -0.25) is 10.4 Å². The van der Waals surface area contributed by atoms with E-state index in [0.29, 0.717) is 6.54 Å². The molecule has 0 aliphatic carbocycles. The Kier molecular flexibility index (Phi) is 8.08. The topological polar surface area (TPSA) is 115 Å². The second-order valence-electron chi connectivity index (χ2n) is 3.07. The Balaban J connectivity index is 0.00000137. The molecule has 7 heteroatoms. The lowest BCUT2D eigenvalue weighted by molar-refractivity contribution is 0.408. The van der Waals surface area contributed by atoms with Crippen LogP contribution in [0.1, 0.15) is 19.4 Å². The van der Waals surface area contributed by atoms with E-state index in [1.807, 2.05) is 38.1 Å². The molecule has 0 aliphatic rings. The number of hydrogen-bond donors (Lipinski definition) is 4. The summed E-state index contributed by atoms with van der Waals surface area (Å²) in [6.45, 7) is 4.43. The van der Waals surface area contributed by atoms with Crippen LogP contribution in [0.2, 0.25) is 0 Å². The number of hydrazine groups is 2. The first-order valence-corrected chi connectivity index (χ1v) is 5.61. The van der Waals surface area contributed by atoms with Crippen LogP contribution >= 0.6 is 0 Å². The predicted octanol–water partition coefficient (Wildman–Crippen LogP) is 0.0901. The second-order valence-corrected chi connectivity index (χ2v) is 3.07. The lowest BCUT2D eigenvalue weighted by Crippen LogP contribution is -2.48. The Morgan fingerprint density at radius 3 is 2.28 bits per heavy atom. The number of guanidine groups is 1. The molecular formula is C11H22N6O. The number of methoxy groups -OCH3 is 1. The van der Waals surface area contributed by atoms with Crippen molar-refractivity contribution in [2.75, 3.05) is 7.11 Å². The number of nitrogens with one attached hydrogen (secondary N) is 1. The van der Waals surface area contributed by atoms with E-state index in [4.69, 9.17) is 22.3 Å². The average Bonchev–Trinajstić information content (AvgIpc) is 2.43. The van der Waals surface area contributed by atoms with Crippen LogP contribution in [-0.4, -0.2) is 18.1 Å². The summed E-state index contributed by atoms with van der Waals surface area (Å²) in [6, 6.07) is 7.48. The fourth-order valence-electron chi connectivity index (χ4n) is 1.20. The quantitative estimate of drug-likeness (QED) is 0.263. The summed E-state index contributed by atoms with van der Waals surface area (Å²) < 4.78 is 5.04. The standard InChI is InChI=1S/C9H16N6O.C2H6/c1-16-8-4-2-7(3-5-8)6-15(12)9(13-10)14-11;1-2/h2-5H,6,10-12H2,1H3,(H,13,14);1-2H3. The number of rotatable bonds is 3. The van der Waals surface area contributed by atoms with Crippen LogP contribution in [0.4, 0.5) is 0 Å². The van der Waals surface area contributed by atoms with Gasteiger partial charge in [-0.1, -0.05) is 26.0 Å². The molecule has 0 amide bonds. The zero-order valence-corrected chi connectivity index (χ0v) is 11.1. The molecule has 0 aromatic heterocycles. The van der Waals surface area contributed by atoms with E-state index in [0.717, 1.165) is 11.3 Å². The second kappa shape index (κ2) is 9.08. The van der Waals surface area contributed by atoms with Crippen LogP contribution in [0.15, 0.2) is 29.4 Å². The molecule has 7 nitrogen and oxygen atoms in total. The maximum Gasteiger partial charge on any atom is 0.244 e. The molecule has 0 aliphatic heterocycles. The van der Waals surface area contributed by atoms with Crippen LogP contribution < -0.4 is 27.7 Å². The molecule has 7 N–H and O–H groups in total. The van der Waals surface area contributed by atoms with Gasteiger partial charge < -0.3 is 10.6 Å². The van der Waals surface area contributed by atoms with Crippen LogP contribution in [0.5, 0.6) is 5.75 Å². The van der Waals surface area contributed by atoms with E-state index in [2.05, 4.69) is 10.5 Å². The van der Waals surface area contributed by atoms with E-state index < -0.39 is 0 Å². The molecular weight excluding hydrogens is 232 g/mol. The average molecular weight is 254 g/mol. The summed E-state index contributed by atoms with van der Waals surface area (Å²) in [5, 5.41) is 4.70. The zero-order chi connectivity index (χ0) is 14.0. The largest absolute Gasteiger partial charge is 0.497 e. The highest BCUT2D eigenvalue weighted by Crippen LogP contribution is 2.11. The zero-order valence-electron chi connectivity index (χ0n) is 11.1. The molecule has 0 atom stereocenters. The van der Waals surface area contributed by atoms with Gasteiger partial charge in [-0.25, -0.2) is 11.7 Å². The molecule has 1 aromatic carbocycles. The molecule has 0 spiro atoms. The van der Waals surface area contributed by atoms with Crippen LogP contribution in [0.3, 0.4) is 0 Å². The fraction of sp³-hybridized carbons (Fsp3) is 0.364. The van der Waals surface area contributed by atoms with Crippen molar-refractivity contribution >= 4 is 5.96 Å². The summed E-state index contributed by atoms with van der Waals surface area (Å²) in [4.78, 5) is 0. The molecule has 1 aromatic rings. The molecule has 1 rings (SSSR count). The smallest absolute Gasteiger partial charge is 0.244 e. The van der Waals surface area contributed by atoms with E-state index in [1.165, 1.54) is 5.01 Å². The predicted molar refractivity (Wildman–Crippen MR) is 73.0 cm³/mol. The molecule has 0 heterocycles. The van der Waals surface area contributed by atoms with Crippen LogP contribution in [0, 0.1) is 0 Å². The maximum atomic E-state index is 5.69. The van der Waals surface area contributed by atoms with Gasteiger partial charge in [0.15, 0.2) is 0 Å². The molecule has 0 radical (unpaired) electrons. The van der Waals surface area contributed by atoms with Crippen molar-refractivity contribution in [3.8, 4) is 5.75 Å². The van der Waals surface area contributed by atoms with E-state index in [9.17, 15) is 0 Å². The first-order chi connectivity index (χ1) is 8.71. The van der Waals surface area contributed by atoms with Crippen molar-refractivity contribution in [1.29, 1.82) is 0 Å². The highest BCUT2D eigenvalue weighted by molar-refractivity contribution is 5.78. The number of hydrogen-bond acceptors (Lipinski definition) is 5. The third-order valence-electron chi connectivity index (χ3n) is 2.04. The first kappa shape index (κ1) is 16.0. The number of nitrogens with zero attached hydrogens (tertiary/aromatic N) is 2. The lowest BCUT2D eigenvalue weighted by atomic mass is 10.2. The van der Waals surface area contributed by atoms with Gasteiger partial charge in [0.25, 0.3) is 0 Å². The molecule has 0 saturated carbocycles. The van der Waals surface area contributed by atoms with Crippen molar-refractivity contribution in [3.05, 3.63) is 29.8 Å². The van der Waals surface area contributed by atoms with Gasteiger partial charge >= 0.3 is 0 Å². The molecule has 18 heavy (non-hydrogen) atoms. The monoisotopic (exact) mass is 254 g/mol. The summed E-state index contributed by atoms with van der Waals surface area (Å²) in [6.07, 6.45) is 0. The van der Waals surface area contributed by atoms with E-state index in [-0.39, 0.29) is 5.96 Å². The Labute approximate surface area is 108 Å². The minimum Gasteiger partial charge on any atom is -0.497 e. The number of nitrogens with two attached hydrogens (primary N) is 3. The Bertz CT molecular complexity index is 351. The first-order valence-electron chi connectivity index (χ1n) is 5.61. The van der Waals surface area contributed by atoms with Crippen molar-refractivity contribution in [1.82, 2.24) is 10.4 Å². The van der Waals surface area contributed by atoms with Crippen molar-refractivity contribution in [3.63, 3.8) is 0 Å². The Hall–Kier alpha value is -1.99. The van der Waals surface area contributed by atoms with Crippen molar-refractivity contribution in [2.45, 2.75) is 20.4 Å². The molecule has 0 saturated heterocycles. The number of ether oxygens (including phenoxy) is 1. The molecule has 0 fully saturated rings. The van der Waals surface area contributed by atoms with Crippen LogP contribution in [0.25, 0.3) is 0 Å². The highest BCUT2D eigenvalue weighted by Gasteiger charge is 2.05. The summed E-state index contributed by atoms with van der Waals surface area (Å²) >= 11 is 0. The van der Waals surface area contributed by atoms with Gasteiger partial charge in [0.05, 0.1) is 13.7 Å².